The zero-order valence-electron chi connectivity index (χ0n) is 10.6. The Balaban J connectivity index is 1.82. The molecule has 18 heavy (non-hydrogen) atoms. The molecule has 1 fully saturated rings. The molecule has 2 rings (SSSR count). The number of aromatic nitrogens is 2. The molecule has 2 heterocycles. The fourth-order valence-electron chi connectivity index (χ4n) is 2.17. The van der Waals surface area contributed by atoms with E-state index in [0.29, 0.717) is 12.5 Å². The average Bonchev–Trinajstić information content (AvgIpc) is 2.78. The van der Waals surface area contributed by atoms with Gasteiger partial charge >= 0.3 is 0 Å². The van der Waals surface area contributed by atoms with Crippen LogP contribution < -0.4 is 10.0 Å². The van der Waals surface area contributed by atoms with Crippen LogP contribution >= 0.6 is 0 Å². The Kier molecular flexibility index (Phi) is 4.36. The van der Waals surface area contributed by atoms with Crippen molar-refractivity contribution in [2.24, 2.45) is 13.0 Å². The van der Waals surface area contributed by atoms with Crippen LogP contribution in [0.15, 0.2) is 17.6 Å². The standard InChI is InChI=1S/C11H20N4O2S/c1-15-8-11(13-9-15)18(16,17)14-6-4-10-3-2-5-12-7-10/h8-10,12,14H,2-7H2,1H3. The molecule has 7 heteroatoms. The smallest absolute Gasteiger partial charge is 0.259 e. The molecule has 1 aromatic rings. The summed E-state index contributed by atoms with van der Waals surface area (Å²) in [6.45, 7) is 2.55. The molecule has 1 saturated heterocycles. The van der Waals surface area contributed by atoms with Crippen LogP contribution in [0, 0.1) is 5.92 Å². The van der Waals surface area contributed by atoms with Gasteiger partial charge in [0.25, 0.3) is 10.0 Å². The Bertz CT molecular complexity index is 477. The SMILES string of the molecule is Cn1cnc(S(=O)(=O)NCCC2CCCNC2)c1. The normalized spacial score (nSPS) is 21.1. The maximum Gasteiger partial charge on any atom is 0.259 e. The van der Waals surface area contributed by atoms with E-state index in [9.17, 15) is 8.42 Å². The second-order valence-corrected chi connectivity index (χ2v) is 6.49. The zero-order chi connectivity index (χ0) is 13.0. The summed E-state index contributed by atoms with van der Waals surface area (Å²) >= 11 is 0. The fourth-order valence-corrected chi connectivity index (χ4v) is 3.19. The lowest BCUT2D eigenvalue weighted by Gasteiger charge is -2.22. The van der Waals surface area contributed by atoms with Crippen molar-refractivity contribution in [1.82, 2.24) is 19.6 Å². The predicted molar refractivity (Wildman–Crippen MR) is 68.6 cm³/mol. The van der Waals surface area contributed by atoms with E-state index < -0.39 is 10.0 Å². The van der Waals surface area contributed by atoms with Gasteiger partial charge in [0.1, 0.15) is 0 Å². The fraction of sp³-hybridized carbons (Fsp3) is 0.727. The van der Waals surface area contributed by atoms with Gasteiger partial charge in [-0.1, -0.05) is 0 Å². The Labute approximate surface area is 108 Å². The Hall–Kier alpha value is -0.920. The molecule has 102 valence electrons. The van der Waals surface area contributed by atoms with Gasteiger partial charge < -0.3 is 9.88 Å². The highest BCUT2D eigenvalue weighted by atomic mass is 32.2. The number of hydrogen-bond acceptors (Lipinski definition) is 4. The molecule has 0 spiro atoms. The van der Waals surface area contributed by atoms with Crippen molar-refractivity contribution in [2.75, 3.05) is 19.6 Å². The van der Waals surface area contributed by atoms with E-state index >= 15 is 0 Å². The van der Waals surface area contributed by atoms with Gasteiger partial charge in [0, 0.05) is 19.8 Å². The van der Waals surface area contributed by atoms with Crippen LogP contribution in [0.2, 0.25) is 0 Å². The van der Waals surface area contributed by atoms with E-state index in [2.05, 4.69) is 15.0 Å². The number of nitrogens with zero attached hydrogens (tertiary/aromatic N) is 2. The number of sulfonamides is 1. The van der Waals surface area contributed by atoms with Crippen LogP contribution in [-0.4, -0.2) is 37.6 Å². The van der Waals surface area contributed by atoms with Crippen LogP contribution in [0.1, 0.15) is 19.3 Å². The third-order valence-corrected chi connectivity index (χ3v) is 4.55. The third-order valence-electron chi connectivity index (χ3n) is 3.20. The van der Waals surface area contributed by atoms with E-state index in [1.165, 1.54) is 25.4 Å². The molecule has 2 N–H and O–H groups in total. The molecule has 0 radical (unpaired) electrons. The first-order chi connectivity index (χ1) is 8.58. The van der Waals surface area contributed by atoms with E-state index in [1.54, 1.807) is 11.6 Å². The molecular formula is C11H20N4O2S. The Morgan fingerprint density at radius 2 is 2.44 bits per heavy atom. The van der Waals surface area contributed by atoms with Gasteiger partial charge in [-0.15, -0.1) is 0 Å². The first-order valence-electron chi connectivity index (χ1n) is 6.26. The highest BCUT2D eigenvalue weighted by molar-refractivity contribution is 7.89. The van der Waals surface area contributed by atoms with Gasteiger partial charge in [-0.25, -0.2) is 18.1 Å². The first-order valence-corrected chi connectivity index (χ1v) is 7.74. The predicted octanol–water partition coefficient (Wildman–Crippen LogP) is 0.0881. The van der Waals surface area contributed by atoms with Gasteiger partial charge in [-0.3, -0.25) is 0 Å². The van der Waals surface area contributed by atoms with Crippen LogP contribution in [0.5, 0.6) is 0 Å². The quantitative estimate of drug-likeness (QED) is 0.796. The first kappa shape index (κ1) is 13.5. The molecule has 0 saturated carbocycles. The lowest BCUT2D eigenvalue weighted by Crippen LogP contribution is -2.33. The van der Waals surface area contributed by atoms with Gasteiger partial charge in [-0.2, -0.15) is 0 Å². The molecule has 0 aromatic carbocycles. The Morgan fingerprint density at radius 3 is 3.06 bits per heavy atom. The summed E-state index contributed by atoms with van der Waals surface area (Å²) < 4.78 is 28.0. The number of piperidine rings is 1. The summed E-state index contributed by atoms with van der Waals surface area (Å²) in [6, 6.07) is 0. The summed E-state index contributed by atoms with van der Waals surface area (Å²) in [5.41, 5.74) is 0. The molecular weight excluding hydrogens is 252 g/mol. The maximum absolute atomic E-state index is 11.9. The van der Waals surface area contributed by atoms with Crippen LogP contribution in [0.25, 0.3) is 0 Å². The highest BCUT2D eigenvalue weighted by Gasteiger charge is 2.18. The van der Waals surface area contributed by atoms with Crippen molar-refractivity contribution in [3.05, 3.63) is 12.5 Å². The van der Waals surface area contributed by atoms with Crippen molar-refractivity contribution in [1.29, 1.82) is 0 Å². The molecule has 0 bridgehead atoms. The second kappa shape index (κ2) is 5.81. The summed E-state index contributed by atoms with van der Waals surface area (Å²) in [5, 5.41) is 3.41. The molecule has 1 unspecified atom stereocenters. The van der Waals surface area contributed by atoms with Crippen molar-refractivity contribution < 1.29 is 8.42 Å². The van der Waals surface area contributed by atoms with Crippen LogP contribution in [-0.2, 0) is 17.1 Å². The van der Waals surface area contributed by atoms with Crippen molar-refractivity contribution in [3.63, 3.8) is 0 Å². The molecule has 6 nitrogen and oxygen atoms in total. The van der Waals surface area contributed by atoms with Gasteiger partial charge in [0.15, 0.2) is 5.03 Å². The molecule has 1 aromatic heterocycles. The lowest BCUT2D eigenvalue weighted by atomic mass is 9.96. The average molecular weight is 272 g/mol. The van der Waals surface area contributed by atoms with Gasteiger partial charge in [-0.05, 0) is 38.3 Å². The van der Waals surface area contributed by atoms with E-state index in [0.717, 1.165) is 19.5 Å². The maximum atomic E-state index is 11.9. The molecule has 0 amide bonds. The third kappa shape index (κ3) is 3.54. The number of aryl methyl sites for hydroxylation is 1. The van der Waals surface area contributed by atoms with E-state index in [4.69, 9.17) is 0 Å². The Morgan fingerprint density at radius 1 is 1.61 bits per heavy atom. The van der Waals surface area contributed by atoms with Crippen molar-refractivity contribution in [3.8, 4) is 0 Å². The summed E-state index contributed by atoms with van der Waals surface area (Å²) in [4.78, 5) is 3.85. The number of hydrogen-bond donors (Lipinski definition) is 2. The minimum atomic E-state index is -3.44. The van der Waals surface area contributed by atoms with E-state index in [-0.39, 0.29) is 5.03 Å². The van der Waals surface area contributed by atoms with Crippen molar-refractivity contribution >= 4 is 10.0 Å². The topological polar surface area (TPSA) is 76.0 Å². The van der Waals surface area contributed by atoms with Gasteiger partial charge in [0.2, 0.25) is 0 Å². The van der Waals surface area contributed by atoms with Crippen LogP contribution in [0.3, 0.4) is 0 Å². The largest absolute Gasteiger partial charge is 0.339 e. The van der Waals surface area contributed by atoms with Crippen LogP contribution in [0.4, 0.5) is 0 Å². The number of rotatable bonds is 5. The minimum absolute atomic E-state index is 0.0896. The van der Waals surface area contributed by atoms with E-state index in [1.807, 2.05) is 0 Å². The minimum Gasteiger partial charge on any atom is -0.339 e. The zero-order valence-corrected chi connectivity index (χ0v) is 11.4. The lowest BCUT2D eigenvalue weighted by molar-refractivity contribution is 0.358. The monoisotopic (exact) mass is 272 g/mol. The summed E-state index contributed by atoms with van der Waals surface area (Å²) in [5.74, 6) is 0.574. The molecule has 1 aliphatic rings. The highest BCUT2D eigenvalue weighted by Crippen LogP contribution is 2.13. The molecule has 1 aliphatic heterocycles. The van der Waals surface area contributed by atoms with Gasteiger partial charge in [0.05, 0.1) is 6.33 Å². The summed E-state index contributed by atoms with van der Waals surface area (Å²) in [7, 11) is -1.69. The number of nitrogens with one attached hydrogen (secondary N) is 2. The molecule has 0 aliphatic carbocycles. The van der Waals surface area contributed by atoms with Crippen molar-refractivity contribution in [2.45, 2.75) is 24.3 Å². The second-order valence-electron chi connectivity index (χ2n) is 4.78. The number of imidazole rings is 1. The summed E-state index contributed by atoms with van der Waals surface area (Å²) in [6.07, 6.45) is 6.22. The molecule has 1 atom stereocenters.